The number of carbonyl (C=O) groups excluding carboxylic acids is 1. The van der Waals surface area contributed by atoms with E-state index in [0.717, 1.165) is 42.1 Å². The number of benzene rings is 1. The third kappa shape index (κ3) is 2.77. The lowest BCUT2D eigenvalue weighted by Gasteiger charge is -2.10. The summed E-state index contributed by atoms with van der Waals surface area (Å²) >= 11 is 0. The van der Waals surface area contributed by atoms with Gasteiger partial charge in [0.2, 0.25) is 0 Å². The zero-order valence-electron chi connectivity index (χ0n) is 12.3. The predicted molar refractivity (Wildman–Crippen MR) is 80.5 cm³/mol. The zero-order chi connectivity index (χ0) is 14.8. The SMILES string of the molecule is Cc1ccccc1OCC(=O)Nc1c2c(nn1C)CCC2. The van der Waals surface area contributed by atoms with E-state index in [-0.39, 0.29) is 12.5 Å². The molecule has 0 saturated heterocycles. The molecule has 0 unspecified atom stereocenters. The van der Waals surface area contributed by atoms with E-state index in [2.05, 4.69) is 10.4 Å². The fourth-order valence-electron chi connectivity index (χ4n) is 2.71. The summed E-state index contributed by atoms with van der Waals surface area (Å²) in [5.41, 5.74) is 3.29. The fraction of sp³-hybridized carbons (Fsp3) is 0.375. The average molecular weight is 285 g/mol. The zero-order valence-corrected chi connectivity index (χ0v) is 12.3. The molecule has 3 rings (SSSR count). The van der Waals surface area contributed by atoms with Gasteiger partial charge in [-0.25, -0.2) is 0 Å². The van der Waals surface area contributed by atoms with Gasteiger partial charge in [0.15, 0.2) is 6.61 Å². The van der Waals surface area contributed by atoms with Crippen LogP contribution in [0.2, 0.25) is 0 Å². The quantitative estimate of drug-likeness (QED) is 0.937. The summed E-state index contributed by atoms with van der Waals surface area (Å²) in [6, 6.07) is 7.67. The fourth-order valence-corrected chi connectivity index (χ4v) is 2.71. The Hall–Kier alpha value is -2.30. The maximum absolute atomic E-state index is 12.1. The largest absolute Gasteiger partial charge is 0.483 e. The molecule has 1 N–H and O–H groups in total. The summed E-state index contributed by atoms with van der Waals surface area (Å²) in [7, 11) is 1.86. The van der Waals surface area contributed by atoms with Crippen molar-refractivity contribution in [2.45, 2.75) is 26.2 Å². The van der Waals surface area contributed by atoms with Crippen molar-refractivity contribution in [2.24, 2.45) is 7.05 Å². The number of rotatable bonds is 4. The van der Waals surface area contributed by atoms with Crippen molar-refractivity contribution in [3.05, 3.63) is 41.1 Å². The van der Waals surface area contributed by atoms with Gasteiger partial charge >= 0.3 is 0 Å². The first-order chi connectivity index (χ1) is 10.1. The first-order valence-electron chi connectivity index (χ1n) is 7.18. The van der Waals surface area contributed by atoms with Crippen molar-refractivity contribution >= 4 is 11.7 Å². The Balaban J connectivity index is 1.64. The molecule has 5 heteroatoms. The molecule has 0 spiro atoms. The van der Waals surface area contributed by atoms with Gasteiger partial charge in [0.25, 0.3) is 5.91 Å². The molecule has 1 aromatic carbocycles. The number of aryl methyl sites for hydroxylation is 3. The molecule has 0 radical (unpaired) electrons. The Morgan fingerprint density at radius 1 is 1.38 bits per heavy atom. The number of fused-ring (bicyclic) bond motifs is 1. The van der Waals surface area contributed by atoms with Crippen LogP contribution in [0, 0.1) is 6.92 Å². The average Bonchev–Trinajstić information content (AvgIpc) is 3.01. The van der Waals surface area contributed by atoms with Crippen LogP contribution in [0.3, 0.4) is 0 Å². The third-order valence-corrected chi connectivity index (χ3v) is 3.78. The number of amides is 1. The van der Waals surface area contributed by atoms with Gasteiger partial charge in [-0.05, 0) is 37.8 Å². The molecule has 1 heterocycles. The molecule has 0 bridgehead atoms. The van der Waals surface area contributed by atoms with Gasteiger partial charge in [-0.2, -0.15) is 5.10 Å². The molecule has 5 nitrogen and oxygen atoms in total. The maximum atomic E-state index is 12.1. The van der Waals surface area contributed by atoms with Gasteiger partial charge in [-0.15, -0.1) is 0 Å². The summed E-state index contributed by atoms with van der Waals surface area (Å²) in [6.07, 6.45) is 3.09. The monoisotopic (exact) mass is 285 g/mol. The molecule has 21 heavy (non-hydrogen) atoms. The van der Waals surface area contributed by atoms with E-state index in [1.807, 2.05) is 38.2 Å². The van der Waals surface area contributed by atoms with Gasteiger partial charge in [0.1, 0.15) is 11.6 Å². The highest BCUT2D eigenvalue weighted by Crippen LogP contribution is 2.27. The number of hydrogen-bond acceptors (Lipinski definition) is 3. The van der Waals surface area contributed by atoms with Crippen molar-refractivity contribution in [1.29, 1.82) is 0 Å². The normalized spacial score (nSPS) is 13.0. The molecule has 1 aliphatic carbocycles. The van der Waals surface area contributed by atoms with Crippen LogP contribution in [0.1, 0.15) is 23.2 Å². The molecule has 0 aliphatic heterocycles. The van der Waals surface area contributed by atoms with Crippen molar-refractivity contribution < 1.29 is 9.53 Å². The second-order valence-corrected chi connectivity index (χ2v) is 5.35. The standard InChI is InChI=1S/C16H19N3O2/c1-11-6-3-4-9-14(11)21-10-15(20)17-16-12-7-5-8-13(12)18-19(16)2/h3-4,6,9H,5,7-8,10H2,1-2H3,(H,17,20). The van der Waals surface area contributed by atoms with Gasteiger partial charge in [0.05, 0.1) is 5.69 Å². The molecular formula is C16H19N3O2. The van der Waals surface area contributed by atoms with Gasteiger partial charge in [-0.3, -0.25) is 9.48 Å². The van der Waals surface area contributed by atoms with Crippen molar-refractivity contribution in [1.82, 2.24) is 9.78 Å². The lowest BCUT2D eigenvalue weighted by atomic mass is 10.2. The summed E-state index contributed by atoms with van der Waals surface area (Å²) < 4.78 is 7.31. The van der Waals surface area contributed by atoms with Crippen LogP contribution in [0.15, 0.2) is 24.3 Å². The minimum atomic E-state index is -0.157. The van der Waals surface area contributed by atoms with Crippen LogP contribution in [0.4, 0.5) is 5.82 Å². The topological polar surface area (TPSA) is 56.1 Å². The van der Waals surface area contributed by atoms with E-state index in [1.165, 1.54) is 5.56 Å². The molecule has 2 aromatic rings. The predicted octanol–water partition coefficient (Wildman–Crippen LogP) is 2.23. The molecule has 1 amide bonds. The molecule has 0 saturated carbocycles. The number of anilines is 1. The first-order valence-corrected chi connectivity index (χ1v) is 7.18. The number of hydrogen-bond donors (Lipinski definition) is 1. The number of carbonyl (C=O) groups is 1. The van der Waals surface area contributed by atoms with E-state index in [1.54, 1.807) is 4.68 Å². The van der Waals surface area contributed by atoms with Crippen LogP contribution in [0.5, 0.6) is 5.75 Å². The minimum absolute atomic E-state index is 0.00477. The number of aromatic nitrogens is 2. The van der Waals surface area contributed by atoms with Gasteiger partial charge in [0, 0.05) is 12.6 Å². The van der Waals surface area contributed by atoms with E-state index in [9.17, 15) is 4.79 Å². The van der Waals surface area contributed by atoms with Crippen molar-refractivity contribution in [2.75, 3.05) is 11.9 Å². The second kappa shape index (κ2) is 5.60. The summed E-state index contributed by atoms with van der Waals surface area (Å²) in [5, 5.41) is 7.35. The van der Waals surface area contributed by atoms with Crippen LogP contribution in [0.25, 0.3) is 0 Å². The van der Waals surface area contributed by atoms with Gasteiger partial charge in [-0.1, -0.05) is 18.2 Å². The lowest BCUT2D eigenvalue weighted by molar-refractivity contribution is -0.118. The second-order valence-electron chi connectivity index (χ2n) is 5.35. The highest BCUT2D eigenvalue weighted by molar-refractivity contribution is 5.92. The third-order valence-electron chi connectivity index (χ3n) is 3.78. The minimum Gasteiger partial charge on any atom is -0.483 e. The smallest absolute Gasteiger partial charge is 0.263 e. The summed E-state index contributed by atoms with van der Waals surface area (Å²) in [4.78, 5) is 12.1. The number of para-hydroxylation sites is 1. The highest BCUT2D eigenvalue weighted by Gasteiger charge is 2.22. The van der Waals surface area contributed by atoms with E-state index >= 15 is 0 Å². The maximum Gasteiger partial charge on any atom is 0.263 e. The Labute approximate surface area is 123 Å². The lowest BCUT2D eigenvalue weighted by Crippen LogP contribution is -2.22. The van der Waals surface area contributed by atoms with Crippen LogP contribution in [-0.4, -0.2) is 22.3 Å². The number of nitrogens with zero attached hydrogens (tertiary/aromatic N) is 2. The first kappa shape index (κ1) is 13.7. The van der Waals surface area contributed by atoms with Crippen LogP contribution in [-0.2, 0) is 24.7 Å². The Morgan fingerprint density at radius 3 is 3.00 bits per heavy atom. The Bertz CT molecular complexity index is 676. The van der Waals surface area contributed by atoms with Crippen LogP contribution >= 0.6 is 0 Å². The highest BCUT2D eigenvalue weighted by atomic mass is 16.5. The number of ether oxygens (including phenoxy) is 1. The molecule has 0 atom stereocenters. The summed E-state index contributed by atoms with van der Waals surface area (Å²) in [5.74, 6) is 1.39. The number of nitrogens with one attached hydrogen (secondary N) is 1. The molecule has 1 aromatic heterocycles. The molecular weight excluding hydrogens is 266 g/mol. The molecule has 1 aliphatic rings. The molecule has 0 fully saturated rings. The van der Waals surface area contributed by atoms with Crippen LogP contribution < -0.4 is 10.1 Å². The van der Waals surface area contributed by atoms with Crippen molar-refractivity contribution in [3.63, 3.8) is 0 Å². The van der Waals surface area contributed by atoms with Crippen molar-refractivity contribution in [3.8, 4) is 5.75 Å². The van der Waals surface area contributed by atoms with E-state index in [4.69, 9.17) is 4.74 Å². The van der Waals surface area contributed by atoms with E-state index < -0.39 is 0 Å². The molecule has 110 valence electrons. The van der Waals surface area contributed by atoms with E-state index in [0.29, 0.717) is 0 Å². The van der Waals surface area contributed by atoms with Gasteiger partial charge < -0.3 is 10.1 Å². The Morgan fingerprint density at radius 2 is 2.19 bits per heavy atom. The summed E-state index contributed by atoms with van der Waals surface area (Å²) in [6.45, 7) is 1.96. The Kier molecular flexibility index (Phi) is 3.64.